The Morgan fingerprint density at radius 2 is 0.850 bits per heavy atom. The van der Waals surface area contributed by atoms with Crippen LogP contribution in [0.3, 0.4) is 0 Å². The number of aliphatic hydroxyl groups excluding tert-OH is 4. The molecule has 0 spiro atoms. The van der Waals surface area contributed by atoms with Crippen molar-refractivity contribution in [2.75, 3.05) is 26.4 Å². The molecule has 0 unspecified atom stereocenters. The molecule has 20 heavy (non-hydrogen) atoms. The summed E-state index contributed by atoms with van der Waals surface area (Å²) >= 11 is 1.49. The molecule has 0 bridgehead atoms. The molecule has 0 radical (unpaired) electrons. The number of hydrogen-bond donors (Lipinski definition) is 4. The molecule has 0 rings (SSSR count). The van der Waals surface area contributed by atoms with Crippen LogP contribution in [0.25, 0.3) is 0 Å². The van der Waals surface area contributed by atoms with E-state index in [1.807, 2.05) is 0 Å². The lowest BCUT2D eigenvalue weighted by Crippen LogP contribution is -2.37. The molecule has 0 saturated carbocycles. The molecular formula is C15H30O4S. The Bertz CT molecular complexity index is 154. The van der Waals surface area contributed by atoms with Crippen molar-refractivity contribution in [2.45, 2.75) is 0 Å². The zero-order valence-corrected chi connectivity index (χ0v) is 13.2. The lowest BCUT2D eigenvalue weighted by molar-refractivity contribution is -0.0328. The van der Waals surface area contributed by atoms with Crippen LogP contribution in [-0.2, 0) is 0 Å². The second-order valence-electron chi connectivity index (χ2n) is 2.60. The predicted molar refractivity (Wildman–Crippen MR) is 92.5 cm³/mol. The third-order valence-electron chi connectivity index (χ3n) is 1.53. The van der Waals surface area contributed by atoms with Gasteiger partial charge in [0.25, 0.3) is 0 Å². The highest BCUT2D eigenvalue weighted by Gasteiger charge is 2.26. The third kappa shape index (κ3) is 25.7. The Morgan fingerprint density at radius 3 is 0.850 bits per heavy atom. The standard InChI is InChI=1S/C5H12O4.C4H6S.3C2H4/c6-1-5(2-7,3-8)4-9;1-3-5-4-2;3*1-2/h6-9H,1-4H2;3-4H,1-2H2;3*1-2H2. The molecule has 4 N–H and O–H groups in total. The van der Waals surface area contributed by atoms with Crippen molar-refractivity contribution in [3.8, 4) is 0 Å². The topological polar surface area (TPSA) is 80.9 Å². The molecule has 0 saturated heterocycles. The summed E-state index contributed by atoms with van der Waals surface area (Å²) in [4.78, 5) is 0. The summed E-state index contributed by atoms with van der Waals surface area (Å²) in [5.41, 5.74) is -1.11. The van der Waals surface area contributed by atoms with Crippen molar-refractivity contribution in [3.63, 3.8) is 0 Å². The van der Waals surface area contributed by atoms with E-state index in [1.165, 1.54) is 11.8 Å². The lowest BCUT2D eigenvalue weighted by atomic mass is 9.93. The molecule has 0 aromatic rings. The van der Waals surface area contributed by atoms with Gasteiger partial charge in [-0.2, -0.15) is 0 Å². The highest BCUT2D eigenvalue weighted by molar-refractivity contribution is 8.04. The van der Waals surface area contributed by atoms with Gasteiger partial charge in [-0.1, -0.05) is 13.2 Å². The quantitative estimate of drug-likeness (QED) is 0.566. The van der Waals surface area contributed by atoms with E-state index >= 15 is 0 Å². The van der Waals surface area contributed by atoms with E-state index in [1.54, 1.807) is 10.8 Å². The Kier molecular flexibility index (Phi) is 56.6. The first kappa shape index (κ1) is 31.3. The minimum atomic E-state index is -1.11. The lowest BCUT2D eigenvalue weighted by Gasteiger charge is -2.23. The van der Waals surface area contributed by atoms with Gasteiger partial charge in [-0.25, -0.2) is 0 Å². The van der Waals surface area contributed by atoms with Crippen LogP contribution in [0.2, 0.25) is 0 Å². The number of hydrogen-bond acceptors (Lipinski definition) is 5. The average Bonchev–Trinajstić information content (AvgIpc) is 2.57. The van der Waals surface area contributed by atoms with Gasteiger partial charge in [-0.05, 0) is 10.8 Å². The minimum absolute atomic E-state index is 0.406. The first-order valence-electron chi connectivity index (χ1n) is 5.47. The van der Waals surface area contributed by atoms with Gasteiger partial charge in [-0.3, -0.25) is 0 Å². The van der Waals surface area contributed by atoms with Crippen molar-refractivity contribution >= 4 is 11.8 Å². The van der Waals surface area contributed by atoms with Crippen LogP contribution in [0.1, 0.15) is 0 Å². The summed E-state index contributed by atoms with van der Waals surface area (Å²) in [6, 6.07) is 0. The molecule has 120 valence electrons. The van der Waals surface area contributed by atoms with E-state index in [9.17, 15) is 0 Å². The van der Waals surface area contributed by atoms with Crippen molar-refractivity contribution in [1.29, 1.82) is 0 Å². The number of aliphatic hydroxyl groups is 4. The molecule has 4 nitrogen and oxygen atoms in total. The molecule has 5 heteroatoms. The maximum absolute atomic E-state index is 8.50. The Labute approximate surface area is 128 Å². The SMILES string of the molecule is C=C.C=C.C=C.C=CSC=C.OCC(CO)(CO)CO. The van der Waals surface area contributed by atoms with Crippen LogP contribution < -0.4 is 0 Å². The van der Waals surface area contributed by atoms with E-state index < -0.39 is 31.8 Å². The molecular weight excluding hydrogens is 276 g/mol. The van der Waals surface area contributed by atoms with Crippen molar-refractivity contribution in [1.82, 2.24) is 0 Å². The molecule has 0 aliphatic heterocycles. The molecule has 0 aliphatic rings. The normalized spacial score (nSPS) is 7.60. The fraction of sp³-hybridized carbons (Fsp3) is 0.333. The Morgan fingerprint density at radius 1 is 0.650 bits per heavy atom. The first-order valence-corrected chi connectivity index (χ1v) is 6.41. The smallest absolute Gasteiger partial charge is 0.0627 e. The third-order valence-corrected chi connectivity index (χ3v) is 1.92. The van der Waals surface area contributed by atoms with Crippen LogP contribution in [0.15, 0.2) is 63.4 Å². The summed E-state index contributed by atoms with van der Waals surface area (Å²) in [5, 5.41) is 37.4. The fourth-order valence-electron chi connectivity index (χ4n) is 0.368. The summed E-state index contributed by atoms with van der Waals surface area (Å²) < 4.78 is 0. The number of thioether (sulfide) groups is 1. The summed E-state index contributed by atoms with van der Waals surface area (Å²) in [7, 11) is 0. The zero-order chi connectivity index (χ0) is 17.4. The molecule has 0 heterocycles. The molecule has 0 fully saturated rings. The van der Waals surface area contributed by atoms with Crippen LogP contribution in [0.5, 0.6) is 0 Å². The Balaban J connectivity index is -0.0000000580. The van der Waals surface area contributed by atoms with Gasteiger partial charge in [0.15, 0.2) is 0 Å². The monoisotopic (exact) mass is 306 g/mol. The van der Waals surface area contributed by atoms with Gasteiger partial charge >= 0.3 is 0 Å². The highest BCUT2D eigenvalue weighted by Crippen LogP contribution is 2.11. The van der Waals surface area contributed by atoms with Gasteiger partial charge in [0.1, 0.15) is 0 Å². The van der Waals surface area contributed by atoms with Gasteiger partial charge < -0.3 is 20.4 Å². The van der Waals surface area contributed by atoms with Crippen molar-refractivity contribution < 1.29 is 20.4 Å². The number of rotatable bonds is 6. The van der Waals surface area contributed by atoms with Crippen LogP contribution >= 0.6 is 11.8 Å². The molecule has 0 amide bonds. The fourth-order valence-corrected chi connectivity index (χ4v) is 0.504. The van der Waals surface area contributed by atoms with E-state index in [0.29, 0.717) is 0 Å². The first-order chi connectivity index (χ1) is 9.66. The van der Waals surface area contributed by atoms with Gasteiger partial charge in [-0.15, -0.1) is 51.2 Å². The van der Waals surface area contributed by atoms with Gasteiger partial charge in [0.05, 0.1) is 31.8 Å². The van der Waals surface area contributed by atoms with E-state index in [2.05, 4.69) is 52.6 Å². The van der Waals surface area contributed by atoms with Crippen LogP contribution in [0.4, 0.5) is 0 Å². The summed E-state index contributed by atoms with van der Waals surface area (Å²) in [5.74, 6) is 0. The second-order valence-corrected chi connectivity index (χ2v) is 3.54. The van der Waals surface area contributed by atoms with Gasteiger partial charge in [0.2, 0.25) is 0 Å². The van der Waals surface area contributed by atoms with Crippen molar-refractivity contribution in [2.24, 2.45) is 5.41 Å². The molecule has 0 atom stereocenters. The minimum Gasteiger partial charge on any atom is -0.396 e. The van der Waals surface area contributed by atoms with E-state index in [-0.39, 0.29) is 0 Å². The van der Waals surface area contributed by atoms with E-state index in [0.717, 1.165) is 0 Å². The largest absolute Gasteiger partial charge is 0.396 e. The van der Waals surface area contributed by atoms with Crippen LogP contribution in [0, 0.1) is 5.41 Å². The maximum atomic E-state index is 8.50. The summed E-state index contributed by atoms with van der Waals surface area (Å²) in [6.45, 7) is 23.3. The highest BCUT2D eigenvalue weighted by atomic mass is 32.2. The van der Waals surface area contributed by atoms with E-state index in [4.69, 9.17) is 20.4 Å². The molecule has 0 aliphatic carbocycles. The average molecular weight is 306 g/mol. The van der Waals surface area contributed by atoms with Crippen LogP contribution in [-0.4, -0.2) is 46.9 Å². The molecule has 0 aromatic heterocycles. The van der Waals surface area contributed by atoms with Crippen molar-refractivity contribution in [3.05, 3.63) is 63.4 Å². The Hall–Kier alpha value is -1.11. The predicted octanol–water partition coefficient (Wildman–Crippen LogP) is 2.36. The maximum Gasteiger partial charge on any atom is 0.0627 e. The van der Waals surface area contributed by atoms with Gasteiger partial charge in [0, 0.05) is 0 Å². The zero-order valence-electron chi connectivity index (χ0n) is 12.3. The second kappa shape index (κ2) is 36.1. The molecule has 0 aromatic carbocycles. The summed E-state index contributed by atoms with van der Waals surface area (Å²) in [6.07, 6.45) is 0.